The molecule has 0 aromatic carbocycles. The van der Waals surface area contributed by atoms with Crippen molar-refractivity contribution in [3.8, 4) is 0 Å². The van der Waals surface area contributed by atoms with Crippen molar-refractivity contribution < 1.29 is 13.9 Å². The standard InChI is InChI=1S/C11H22FNO2S/c1-10(2,7-15-8-16-5)6-13-9(14)11(3,4)12/h6-8H2,1-5H3,(H,13,14). The first-order valence-electron chi connectivity index (χ1n) is 5.23. The molecule has 0 aliphatic heterocycles. The van der Waals surface area contributed by atoms with Crippen molar-refractivity contribution in [3.63, 3.8) is 0 Å². The predicted molar refractivity (Wildman–Crippen MR) is 66.3 cm³/mol. The Morgan fingerprint density at radius 2 is 1.94 bits per heavy atom. The first-order chi connectivity index (χ1) is 7.19. The molecule has 1 N–H and O–H groups in total. The van der Waals surface area contributed by atoms with E-state index in [1.54, 1.807) is 11.8 Å². The van der Waals surface area contributed by atoms with Gasteiger partial charge in [-0.05, 0) is 20.1 Å². The van der Waals surface area contributed by atoms with Crippen LogP contribution in [-0.2, 0) is 9.53 Å². The predicted octanol–water partition coefficient (Wildman–Crippen LogP) is 2.21. The molecule has 0 fully saturated rings. The molecule has 16 heavy (non-hydrogen) atoms. The molecule has 0 radical (unpaired) electrons. The highest BCUT2D eigenvalue weighted by atomic mass is 32.2. The van der Waals surface area contributed by atoms with Crippen molar-refractivity contribution in [2.45, 2.75) is 33.4 Å². The minimum Gasteiger partial charge on any atom is -0.370 e. The molecule has 0 aromatic heterocycles. The fraction of sp³-hybridized carbons (Fsp3) is 0.909. The van der Waals surface area contributed by atoms with Crippen molar-refractivity contribution in [1.82, 2.24) is 5.32 Å². The SMILES string of the molecule is CSCOCC(C)(C)CNC(=O)C(C)(C)F. The largest absolute Gasteiger partial charge is 0.370 e. The molecule has 0 aromatic rings. The Balaban J connectivity index is 3.94. The Hall–Kier alpha value is -0.290. The van der Waals surface area contributed by atoms with Crippen LogP contribution in [0.5, 0.6) is 0 Å². The quantitative estimate of drug-likeness (QED) is 0.557. The van der Waals surface area contributed by atoms with Gasteiger partial charge in [0.15, 0.2) is 5.67 Å². The van der Waals surface area contributed by atoms with E-state index in [-0.39, 0.29) is 5.41 Å². The molecular formula is C11H22FNO2S. The van der Waals surface area contributed by atoms with Crippen LogP contribution in [0.3, 0.4) is 0 Å². The van der Waals surface area contributed by atoms with Gasteiger partial charge in [0.25, 0.3) is 5.91 Å². The van der Waals surface area contributed by atoms with E-state index in [9.17, 15) is 9.18 Å². The maximum Gasteiger partial charge on any atom is 0.257 e. The molecule has 3 nitrogen and oxygen atoms in total. The van der Waals surface area contributed by atoms with E-state index in [0.717, 1.165) is 0 Å². The maximum atomic E-state index is 13.2. The number of nitrogens with one attached hydrogen (secondary N) is 1. The number of alkyl halides is 1. The van der Waals surface area contributed by atoms with E-state index in [1.165, 1.54) is 13.8 Å². The number of ether oxygens (including phenoxy) is 1. The smallest absolute Gasteiger partial charge is 0.257 e. The van der Waals surface area contributed by atoms with Gasteiger partial charge in [-0.2, -0.15) is 0 Å². The Morgan fingerprint density at radius 3 is 2.38 bits per heavy atom. The number of rotatable bonds is 7. The van der Waals surface area contributed by atoms with Crippen LogP contribution in [0, 0.1) is 5.41 Å². The summed E-state index contributed by atoms with van der Waals surface area (Å²) in [6.45, 7) is 7.39. The third kappa shape index (κ3) is 7.06. The molecule has 0 bridgehead atoms. The van der Waals surface area contributed by atoms with Crippen LogP contribution in [0.25, 0.3) is 0 Å². The molecule has 0 aliphatic carbocycles. The molecule has 0 aliphatic rings. The molecule has 0 heterocycles. The van der Waals surface area contributed by atoms with E-state index in [2.05, 4.69) is 5.32 Å². The van der Waals surface area contributed by atoms with Crippen LogP contribution in [-0.4, -0.2) is 36.9 Å². The Labute approximate surface area is 102 Å². The Bertz CT molecular complexity index is 227. The van der Waals surface area contributed by atoms with Gasteiger partial charge in [0, 0.05) is 12.0 Å². The molecule has 5 heteroatoms. The number of hydrogen-bond donors (Lipinski definition) is 1. The normalized spacial score (nSPS) is 12.6. The monoisotopic (exact) mass is 251 g/mol. The maximum absolute atomic E-state index is 13.2. The van der Waals surface area contributed by atoms with E-state index in [4.69, 9.17) is 4.74 Å². The zero-order valence-corrected chi connectivity index (χ0v) is 11.5. The number of halogens is 1. The lowest BCUT2D eigenvalue weighted by Gasteiger charge is -2.26. The summed E-state index contributed by atoms with van der Waals surface area (Å²) in [6, 6.07) is 0. The van der Waals surface area contributed by atoms with Crippen molar-refractivity contribution in [3.05, 3.63) is 0 Å². The van der Waals surface area contributed by atoms with E-state index < -0.39 is 11.6 Å². The fourth-order valence-corrected chi connectivity index (χ4v) is 1.23. The molecule has 0 saturated heterocycles. The van der Waals surface area contributed by atoms with Crippen molar-refractivity contribution in [2.75, 3.05) is 25.3 Å². The first-order valence-corrected chi connectivity index (χ1v) is 6.62. The number of carbonyl (C=O) groups excluding carboxylic acids is 1. The third-order valence-electron chi connectivity index (χ3n) is 1.96. The van der Waals surface area contributed by atoms with Gasteiger partial charge in [-0.15, -0.1) is 11.8 Å². The summed E-state index contributed by atoms with van der Waals surface area (Å²) in [6.07, 6.45) is 1.96. The minimum atomic E-state index is -1.82. The lowest BCUT2D eigenvalue weighted by atomic mass is 9.94. The van der Waals surface area contributed by atoms with Crippen LogP contribution >= 0.6 is 11.8 Å². The lowest BCUT2D eigenvalue weighted by Crippen LogP contribution is -2.44. The Kier molecular flexibility index (Phi) is 6.33. The first kappa shape index (κ1) is 15.7. The average molecular weight is 251 g/mol. The summed E-state index contributed by atoms with van der Waals surface area (Å²) in [5.74, 6) is 0.0526. The summed E-state index contributed by atoms with van der Waals surface area (Å²) in [5, 5.41) is 2.59. The molecule has 0 atom stereocenters. The number of amides is 1. The van der Waals surface area contributed by atoms with Gasteiger partial charge in [0.1, 0.15) is 0 Å². The van der Waals surface area contributed by atoms with Crippen LogP contribution in [0.15, 0.2) is 0 Å². The number of hydrogen-bond acceptors (Lipinski definition) is 3. The van der Waals surface area contributed by atoms with Gasteiger partial charge in [-0.25, -0.2) is 4.39 Å². The average Bonchev–Trinajstić information content (AvgIpc) is 2.13. The van der Waals surface area contributed by atoms with Crippen LogP contribution < -0.4 is 5.32 Å². The highest BCUT2D eigenvalue weighted by Gasteiger charge is 2.28. The lowest BCUT2D eigenvalue weighted by molar-refractivity contribution is -0.131. The van der Waals surface area contributed by atoms with Crippen LogP contribution in [0.1, 0.15) is 27.7 Å². The van der Waals surface area contributed by atoms with Crippen molar-refractivity contribution in [1.29, 1.82) is 0 Å². The number of carbonyl (C=O) groups is 1. The summed E-state index contributed by atoms with van der Waals surface area (Å²) < 4.78 is 18.6. The zero-order valence-electron chi connectivity index (χ0n) is 10.7. The van der Waals surface area contributed by atoms with E-state index in [1.807, 2.05) is 20.1 Å². The van der Waals surface area contributed by atoms with Crippen LogP contribution in [0.4, 0.5) is 4.39 Å². The molecule has 0 rings (SSSR count). The summed E-state index contributed by atoms with van der Waals surface area (Å²) in [7, 11) is 0. The summed E-state index contributed by atoms with van der Waals surface area (Å²) in [4.78, 5) is 11.3. The van der Waals surface area contributed by atoms with Gasteiger partial charge in [-0.3, -0.25) is 4.79 Å². The minimum absolute atomic E-state index is 0.184. The summed E-state index contributed by atoms with van der Waals surface area (Å²) in [5.41, 5.74) is -2.01. The second kappa shape index (κ2) is 6.45. The third-order valence-corrected chi connectivity index (χ3v) is 2.36. The van der Waals surface area contributed by atoms with Crippen molar-refractivity contribution >= 4 is 17.7 Å². The highest BCUT2D eigenvalue weighted by molar-refractivity contribution is 7.98. The fourth-order valence-electron chi connectivity index (χ4n) is 0.982. The molecule has 1 amide bonds. The Morgan fingerprint density at radius 1 is 1.38 bits per heavy atom. The van der Waals surface area contributed by atoms with Gasteiger partial charge in [0.05, 0.1) is 12.5 Å². The highest BCUT2D eigenvalue weighted by Crippen LogP contribution is 2.16. The molecule has 0 unspecified atom stereocenters. The van der Waals surface area contributed by atoms with Gasteiger partial charge in [-0.1, -0.05) is 13.8 Å². The topological polar surface area (TPSA) is 38.3 Å². The molecule has 0 saturated carbocycles. The molecule has 0 spiro atoms. The van der Waals surface area contributed by atoms with Crippen molar-refractivity contribution in [2.24, 2.45) is 5.41 Å². The molecular weight excluding hydrogens is 229 g/mol. The molecule has 96 valence electrons. The second-order valence-electron chi connectivity index (χ2n) is 5.07. The van der Waals surface area contributed by atoms with Gasteiger partial charge < -0.3 is 10.1 Å². The van der Waals surface area contributed by atoms with Gasteiger partial charge >= 0.3 is 0 Å². The zero-order chi connectivity index (χ0) is 12.8. The van der Waals surface area contributed by atoms with E-state index in [0.29, 0.717) is 19.1 Å². The summed E-state index contributed by atoms with van der Waals surface area (Å²) >= 11 is 1.60. The second-order valence-corrected chi connectivity index (χ2v) is 5.89. The number of thioether (sulfide) groups is 1. The van der Waals surface area contributed by atoms with Gasteiger partial charge in [0.2, 0.25) is 0 Å². The van der Waals surface area contributed by atoms with E-state index >= 15 is 0 Å². The van der Waals surface area contributed by atoms with Crippen LogP contribution in [0.2, 0.25) is 0 Å².